The summed E-state index contributed by atoms with van der Waals surface area (Å²) >= 11 is 5.70. The third-order valence-electron chi connectivity index (χ3n) is 5.49. The number of carbonyl (C=O) groups is 1. The number of alkyl halides is 3. The van der Waals surface area contributed by atoms with E-state index in [1.54, 1.807) is 4.90 Å². The molecule has 0 spiro atoms. The molecule has 2 aromatic rings. The van der Waals surface area contributed by atoms with Gasteiger partial charge in [-0.2, -0.15) is 13.2 Å². The number of nitrogens with one attached hydrogen (secondary N) is 1. The second-order valence-electron chi connectivity index (χ2n) is 9.29. The van der Waals surface area contributed by atoms with Crippen molar-refractivity contribution in [1.29, 1.82) is 0 Å². The molecule has 0 radical (unpaired) electrons. The Labute approximate surface area is 196 Å². The van der Waals surface area contributed by atoms with Crippen molar-refractivity contribution in [1.82, 2.24) is 14.9 Å². The summed E-state index contributed by atoms with van der Waals surface area (Å²) in [4.78, 5) is 21.5. The van der Waals surface area contributed by atoms with Gasteiger partial charge in [0.1, 0.15) is 16.3 Å². The number of hydrogen-bond acceptors (Lipinski definition) is 5. The molecule has 0 bridgehead atoms. The van der Waals surface area contributed by atoms with Crippen LogP contribution in [0.2, 0.25) is 5.15 Å². The van der Waals surface area contributed by atoms with Crippen LogP contribution in [-0.2, 0) is 10.9 Å². The lowest BCUT2D eigenvalue weighted by Gasteiger charge is -2.34. The Kier molecular flexibility index (Phi) is 7.12. The van der Waals surface area contributed by atoms with Gasteiger partial charge in [-0.1, -0.05) is 17.7 Å². The molecule has 2 heterocycles. The molecule has 3 rings (SSSR count). The minimum Gasteiger partial charge on any atom is -0.444 e. The van der Waals surface area contributed by atoms with Crippen LogP contribution < -0.4 is 5.32 Å². The highest BCUT2D eigenvalue weighted by Crippen LogP contribution is 2.36. The van der Waals surface area contributed by atoms with E-state index in [4.69, 9.17) is 16.3 Å². The lowest BCUT2D eigenvalue weighted by molar-refractivity contribution is -0.137. The van der Waals surface area contributed by atoms with Crippen LogP contribution in [0.5, 0.6) is 0 Å². The number of ether oxygens (including phenoxy) is 1. The van der Waals surface area contributed by atoms with Gasteiger partial charge in [0, 0.05) is 25.0 Å². The maximum atomic E-state index is 12.9. The van der Waals surface area contributed by atoms with E-state index in [9.17, 15) is 18.0 Å². The standard InChI is InChI=1S/C23H28ClF3N4O2/c1-13-11-18(29-20-28-12-17(19(24)30-20)23(25,26)27)14(2)10-16(13)15-6-8-31(9-7-15)21(32)33-22(3,4)5/h10-12,15H,6-9H2,1-5H3,(H,28,29,30). The highest BCUT2D eigenvalue weighted by atomic mass is 35.5. The first kappa shape index (κ1) is 25.1. The van der Waals surface area contributed by atoms with Crippen molar-refractivity contribution in [3.05, 3.63) is 45.7 Å². The second kappa shape index (κ2) is 9.37. The fourth-order valence-electron chi connectivity index (χ4n) is 3.84. The van der Waals surface area contributed by atoms with Gasteiger partial charge >= 0.3 is 12.3 Å². The zero-order valence-electron chi connectivity index (χ0n) is 19.3. The summed E-state index contributed by atoms with van der Waals surface area (Å²) in [7, 11) is 0. The average Bonchev–Trinajstić information content (AvgIpc) is 2.68. The van der Waals surface area contributed by atoms with Crippen LogP contribution >= 0.6 is 11.6 Å². The number of halogens is 4. The summed E-state index contributed by atoms with van der Waals surface area (Å²) in [5.41, 5.74) is 2.23. The molecule has 1 N–H and O–H groups in total. The van der Waals surface area contributed by atoms with Gasteiger partial charge in [0.05, 0.1) is 0 Å². The molecule has 10 heteroatoms. The Bertz CT molecular complexity index is 1030. The maximum absolute atomic E-state index is 12.9. The van der Waals surface area contributed by atoms with Gasteiger partial charge in [-0.15, -0.1) is 0 Å². The molecule has 0 atom stereocenters. The van der Waals surface area contributed by atoms with Crippen LogP contribution in [0, 0.1) is 13.8 Å². The van der Waals surface area contributed by atoms with Crippen LogP contribution in [0.1, 0.15) is 61.8 Å². The number of likely N-dealkylation sites (tertiary alicyclic amines) is 1. The van der Waals surface area contributed by atoms with E-state index < -0.39 is 22.5 Å². The normalized spacial score (nSPS) is 15.5. The summed E-state index contributed by atoms with van der Waals surface area (Å²) in [5.74, 6) is 0.294. The summed E-state index contributed by atoms with van der Waals surface area (Å²) in [5, 5.41) is 2.31. The number of carbonyl (C=O) groups excluding carboxylic acids is 1. The Morgan fingerprint density at radius 1 is 1.15 bits per heavy atom. The molecule has 0 aliphatic carbocycles. The van der Waals surface area contributed by atoms with Gasteiger partial charge < -0.3 is 15.0 Å². The van der Waals surface area contributed by atoms with Crippen molar-refractivity contribution < 1.29 is 22.7 Å². The molecule has 1 aromatic carbocycles. The van der Waals surface area contributed by atoms with E-state index in [1.165, 1.54) is 5.56 Å². The van der Waals surface area contributed by atoms with E-state index in [-0.39, 0.29) is 12.0 Å². The van der Waals surface area contributed by atoms with Gasteiger partial charge in [0.2, 0.25) is 5.95 Å². The largest absolute Gasteiger partial charge is 0.444 e. The van der Waals surface area contributed by atoms with Gasteiger partial charge in [0.15, 0.2) is 0 Å². The first-order chi connectivity index (χ1) is 15.2. The lowest BCUT2D eigenvalue weighted by atomic mass is 9.85. The highest BCUT2D eigenvalue weighted by molar-refractivity contribution is 6.30. The summed E-state index contributed by atoms with van der Waals surface area (Å²) in [6, 6.07) is 4.00. The topological polar surface area (TPSA) is 67.3 Å². The molecule has 180 valence electrons. The lowest BCUT2D eigenvalue weighted by Crippen LogP contribution is -2.41. The minimum absolute atomic E-state index is 0.00563. The molecular formula is C23H28ClF3N4O2. The maximum Gasteiger partial charge on any atom is 0.420 e. The molecule has 6 nitrogen and oxygen atoms in total. The Hall–Kier alpha value is -2.55. The quantitative estimate of drug-likeness (QED) is 0.495. The van der Waals surface area contributed by atoms with Crippen molar-refractivity contribution in [2.45, 2.75) is 65.2 Å². The Morgan fingerprint density at radius 3 is 2.33 bits per heavy atom. The van der Waals surface area contributed by atoms with Crippen molar-refractivity contribution in [3.63, 3.8) is 0 Å². The third kappa shape index (κ3) is 6.28. The van der Waals surface area contributed by atoms with Crippen LogP contribution in [0.25, 0.3) is 0 Å². The first-order valence-electron chi connectivity index (χ1n) is 10.7. The monoisotopic (exact) mass is 484 g/mol. The molecule has 1 amide bonds. The number of aryl methyl sites for hydroxylation is 2. The van der Waals surface area contributed by atoms with Crippen LogP contribution in [-0.4, -0.2) is 39.7 Å². The second-order valence-corrected chi connectivity index (χ2v) is 9.64. The van der Waals surface area contributed by atoms with Crippen LogP contribution in [0.4, 0.5) is 29.6 Å². The number of nitrogens with zero attached hydrogens (tertiary/aromatic N) is 3. The zero-order valence-corrected chi connectivity index (χ0v) is 20.1. The van der Waals surface area contributed by atoms with E-state index >= 15 is 0 Å². The number of anilines is 2. The predicted molar refractivity (Wildman–Crippen MR) is 121 cm³/mol. The molecule has 1 aromatic heterocycles. The van der Waals surface area contributed by atoms with Crippen molar-refractivity contribution in [2.24, 2.45) is 0 Å². The van der Waals surface area contributed by atoms with E-state index in [2.05, 4.69) is 21.4 Å². The number of amides is 1. The molecule has 0 saturated carbocycles. The SMILES string of the molecule is Cc1cc(C2CCN(C(=O)OC(C)(C)C)CC2)c(C)cc1Nc1ncc(C(F)(F)F)c(Cl)n1. The van der Waals surface area contributed by atoms with Gasteiger partial charge in [-0.05, 0) is 76.1 Å². The average molecular weight is 485 g/mol. The number of aromatic nitrogens is 2. The fourth-order valence-corrected chi connectivity index (χ4v) is 4.08. The molecule has 1 aliphatic heterocycles. The van der Waals surface area contributed by atoms with Gasteiger partial charge in [-0.25, -0.2) is 14.8 Å². The molecule has 33 heavy (non-hydrogen) atoms. The molecule has 1 aliphatic rings. The molecule has 0 unspecified atom stereocenters. The van der Waals surface area contributed by atoms with E-state index in [0.717, 1.165) is 24.0 Å². The smallest absolute Gasteiger partial charge is 0.420 e. The third-order valence-corrected chi connectivity index (χ3v) is 5.78. The van der Waals surface area contributed by atoms with Gasteiger partial charge in [0.25, 0.3) is 0 Å². The minimum atomic E-state index is -4.61. The zero-order chi connectivity index (χ0) is 24.6. The number of hydrogen-bond donors (Lipinski definition) is 1. The van der Waals surface area contributed by atoms with E-state index in [0.29, 0.717) is 30.9 Å². The summed E-state index contributed by atoms with van der Waals surface area (Å²) < 4.78 is 44.1. The van der Waals surface area contributed by atoms with Crippen molar-refractivity contribution in [3.8, 4) is 0 Å². The molecule has 1 saturated heterocycles. The molecule has 1 fully saturated rings. The number of rotatable bonds is 3. The highest BCUT2D eigenvalue weighted by Gasteiger charge is 2.35. The van der Waals surface area contributed by atoms with E-state index in [1.807, 2.05) is 40.7 Å². The number of benzene rings is 1. The van der Waals surface area contributed by atoms with Crippen LogP contribution in [0.3, 0.4) is 0 Å². The first-order valence-corrected chi connectivity index (χ1v) is 11.1. The Morgan fingerprint density at radius 2 is 1.79 bits per heavy atom. The van der Waals surface area contributed by atoms with Crippen LogP contribution in [0.15, 0.2) is 18.3 Å². The van der Waals surface area contributed by atoms with Crippen molar-refractivity contribution >= 4 is 29.3 Å². The molecular weight excluding hydrogens is 457 g/mol. The predicted octanol–water partition coefficient (Wildman–Crippen LogP) is 6.62. The van der Waals surface area contributed by atoms with Gasteiger partial charge in [-0.3, -0.25) is 0 Å². The fraction of sp³-hybridized carbons (Fsp3) is 0.522. The summed E-state index contributed by atoms with van der Waals surface area (Å²) in [6.07, 6.45) is -2.58. The summed E-state index contributed by atoms with van der Waals surface area (Å²) in [6.45, 7) is 10.7. The van der Waals surface area contributed by atoms with Crippen molar-refractivity contribution in [2.75, 3.05) is 18.4 Å². The number of piperidine rings is 1. The Balaban J connectivity index is 1.70.